The van der Waals surface area contributed by atoms with Crippen molar-refractivity contribution in [2.45, 2.75) is 0 Å². The Balaban J connectivity index is 2.03. The molecule has 4 heteroatoms. The van der Waals surface area contributed by atoms with Crippen LogP contribution in [0.2, 0.25) is 0 Å². The van der Waals surface area contributed by atoms with Crippen molar-refractivity contribution < 1.29 is 14.3 Å². The van der Waals surface area contributed by atoms with E-state index in [9.17, 15) is 14.3 Å². The Morgan fingerprint density at radius 2 is 1.81 bits per heavy atom. The maximum Gasteiger partial charge on any atom is 0.260 e. The molecule has 0 saturated carbocycles. The van der Waals surface area contributed by atoms with Gasteiger partial charge in [0.25, 0.3) is 5.91 Å². The molecule has 3 nitrogen and oxygen atoms in total. The fraction of sp³-hybridized carbons (Fsp3) is 0. The normalized spacial score (nSPS) is 10.5. The van der Waals surface area contributed by atoms with Crippen LogP contribution in [0.5, 0.6) is 5.75 Å². The minimum absolute atomic E-state index is 0.109. The van der Waals surface area contributed by atoms with Crippen LogP contribution in [0, 0.1) is 5.82 Å². The molecule has 0 aliphatic heterocycles. The zero-order chi connectivity index (χ0) is 14.8. The number of anilines is 1. The summed E-state index contributed by atoms with van der Waals surface area (Å²) in [4.78, 5) is 12.4. The number of nitrogens with one attached hydrogen (secondary N) is 1. The molecular formula is C17H12FNO2. The topological polar surface area (TPSA) is 49.3 Å². The summed E-state index contributed by atoms with van der Waals surface area (Å²) < 4.78 is 13.2. The highest BCUT2D eigenvalue weighted by Crippen LogP contribution is 2.27. The molecule has 0 unspecified atom stereocenters. The van der Waals surface area contributed by atoms with Gasteiger partial charge < -0.3 is 10.4 Å². The standard InChI is InChI=1S/C17H12FNO2/c18-12-5-3-6-13(10-12)19-17(21)16-14-7-2-1-4-11(14)8-9-15(16)20/h1-10,20H,(H,19,21). The van der Waals surface area contributed by atoms with Gasteiger partial charge in [-0.25, -0.2) is 4.39 Å². The van der Waals surface area contributed by atoms with E-state index in [1.165, 1.54) is 24.3 Å². The molecule has 0 saturated heterocycles. The molecule has 3 rings (SSSR count). The molecule has 0 heterocycles. The van der Waals surface area contributed by atoms with Gasteiger partial charge in [-0.3, -0.25) is 4.79 Å². The van der Waals surface area contributed by atoms with Crippen LogP contribution in [-0.4, -0.2) is 11.0 Å². The van der Waals surface area contributed by atoms with E-state index in [1.54, 1.807) is 24.3 Å². The molecule has 0 aliphatic carbocycles. The quantitative estimate of drug-likeness (QED) is 0.747. The van der Waals surface area contributed by atoms with E-state index in [2.05, 4.69) is 5.32 Å². The number of phenolic OH excluding ortho intramolecular Hbond substituents is 1. The molecule has 0 aromatic heterocycles. The summed E-state index contributed by atoms with van der Waals surface area (Å²) in [5.41, 5.74) is 0.518. The van der Waals surface area contributed by atoms with Crippen molar-refractivity contribution in [3.63, 3.8) is 0 Å². The Labute approximate surface area is 120 Å². The predicted octanol–water partition coefficient (Wildman–Crippen LogP) is 3.94. The molecule has 3 aromatic carbocycles. The number of carbonyl (C=O) groups is 1. The Morgan fingerprint density at radius 1 is 1.00 bits per heavy atom. The van der Waals surface area contributed by atoms with Gasteiger partial charge in [-0.05, 0) is 35.0 Å². The van der Waals surface area contributed by atoms with Gasteiger partial charge in [-0.2, -0.15) is 0 Å². The highest BCUT2D eigenvalue weighted by molar-refractivity contribution is 6.14. The highest BCUT2D eigenvalue weighted by atomic mass is 19.1. The first-order valence-corrected chi connectivity index (χ1v) is 6.43. The molecule has 0 aliphatic rings. The van der Waals surface area contributed by atoms with Crippen molar-refractivity contribution in [3.8, 4) is 5.75 Å². The molecule has 2 N–H and O–H groups in total. The van der Waals surface area contributed by atoms with Gasteiger partial charge in [0, 0.05) is 5.69 Å². The van der Waals surface area contributed by atoms with E-state index in [0.29, 0.717) is 11.1 Å². The van der Waals surface area contributed by atoms with Crippen molar-refractivity contribution in [1.29, 1.82) is 0 Å². The molecule has 0 fully saturated rings. The zero-order valence-electron chi connectivity index (χ0n) is 11.0. The summed E-state index contributed by atoms with van der Waals surface area (Å²) >= 11 is 0. The largest absolute Gasteiger partial charge is 0.507 e. The van der Waals surface area contributed by atoms with E-state index in [4.69, 9.17) is 0 Å². The molecule has 21 heavy (non-hydrogen) atoms. The van der Waals surface area contributed by atoms with Gasteiger partial charge >= 0.3 is 0 Å². The SMILES string of the molecule is O=C(Nc1cccc(F)c1)c1c(O)ccc2ccccc12. The first-order valence-electron chi connectivity index (χ1n) is 6.43. The van der Waals surface area contributed by atoms with Crippen LogP contribution < -0.4 is 5.32 Å². The van der Waals surface area contributed by atoms with Gasteiger partial charge in [-0.1, -0.05) is 36.4 Å². The number of amides is 1. The lowest BCUT2D eigenvalue weighted by atomic mass is 10.0. The third-order valence-corrected chi connectivity index (χ3v) is 3.22. The predicted molar refractivity (Wildman–Crippen MR) is 80.0 cm³/mol. The number of phenols is 1. The molecule has 104 valence electrons. The molecule has 3 aromatic rings. The maximum atomic E-state index is 13.2. The lowest BCUT2D eigenvalue weighted by Crippen LogP contribution is -2.12. The summed E-state index contributed by atoms with van der Waals surface area (Å²) in [7, 11) is 0. The third kappa shape index (κ3) is 2.56. The van der Waals surface area contributed by atoms with Crippen LogP contribution in [0.25, 0.3) is 10.8 Å². The average Bonchev–Trinajstić information content (AvgIpc) is 2.47. The monoisotopic (exact) mass is 281 g/mol. The van der Waals surface area contributed by atoms with Gasteiger partial charge in [0.1, 0.15) is 11.6 Å². The number of fused-ring (bicyclic) bond motifs is 1. The lowest BCUT2D eigenvalue weighted by molar-refractivity contribution is 0.102. The Hall–Kier alpha value is -2.88. The lowest BCUT2D eigenvalue weighted by Gasteiger charge is -2.10. The zero-order valence-corrected chi connectivity index (χ0v) is 11.0. The summed E-state index contributed by atoms with van der Waals surface area (Å²) in [6.07, 6.45) is 0. The van der Waals surface area contributed by atoms with E-state index >= 15 is 0 Å². The molecular weight excluding hydrogens is 269 g/mol. The van der Waals surface area contributed by atoms with E-state index in [-0.39, 0.29) is 11.3 Å². The second-order valence-corrected chi connectivity index (χ2v) is 4.65. The van der Waals surface area contributed by atoms with Gasteiger partial charge in [0.2, 0.25) is 0 Å². The average molecular weight is 281 g/mol. The van der Waals surface area contributed by atoms with Crippen molar-refractivity contribution in [3.05, 3.63) is 72.0 Å². The fourth-order valence-corrected chi connectivity index (χ4v) is 2.26. The summed E-state index contributed by atoms with van der Waals surface area (Å²) in [5, 5.41) is 14.1. The van der Waals surface area contributed by atoms with E-state index in [0.717, 1.165) is 5.39 Å². The molecule has 0 atom stereocenters. The number of hydrogen-bond donors (Lipinski definition) is 2. The van der Waals surface area contributed by atoms with Crippen molar-refractivity contribution >= 4 is 22.4 Å². The number of halogens is 1. The number of aromatic hydroxyl groups is 1. The van der Waals surface area contributed by atoms with Gasteiger partial charge in [-0.15, -0.1) is 0 Å². The first kappa shape index (κ1) is 13.1. The van der Waals surface area contributed by atoms with Gasteiger partial charge in [0.05, 0.1) is 5.56 Å². The summed E-state index contributed by atoms with van der Waals surface area (Å²) in [6.45, 7) is 0. The number of benzene rings is 3. The molecule has 0 radical (unpaired) electrons. The Bertz CT molecular complexity index is 830. The van der Waals surface area contributed by atoms with Crippen LogP contribution in [0.15, 0.2) is 60.7 Å². The summed E-state index contributed by atoms with van der Waals surface area (Å²) in [6, 6.07) is 16.1. The highest BCUT2D eigenvalue weighted by Gasteiger charge is 2.15. The Kier molecular flexibility index (Phi) is 3.28. The second kappa shape index (κ2) is 5.25. The van der Waals surface area contributed by atoms with Crippen LogP contribution in [-0.2, 0) is 0 Å². The van der Waals surface area contributed by atoms with Crippen LogP contribution in [0.3, 0.4) is 0 Å². The van der Waals surface area contributed by atoms with Crippen molar-refractivity contribution in [1.82, 2.24) is 0 Å². The number of carbonyl (C=O) groups excluding carboxylic acids is 1. The Morgan fingerprint density at radius 3 is 2.62 bits per heavy atom. The molecule has 1 amide bonds. The smallest absolute Gasteiger partial charge is 0.260 e. The second-order valence-electron chi connectivity index (χ2n) is 4.65. The minimum atomic E-state index is -0.477. The van der Waals surface area contributed by atoms with Crippen LogP contribution in [0.1, 0.15) is 10.4 Å². The molecule has 0 spiro atoms. The van der Waals surface area contributed by atoms with E-state index < -0.39 is 11.7 Å². The van der Waals surface area contributed by atoms with Crippen molar-refractivity contribution in [2.24, 2.45) is 0 Å². The molecule has 0 bridgehead atoms. The minimum Gasteiger partial charge on any atom is -0.507 e. The maximum absolute atomic E-state index is 13.2. The first-order chi connectivity index (χ1) is 10.1. The van der Waals surface area contributed by atoms with Crippen LogP contribution in [0.4, 0.5) is 10.1 Å². The summed E-state index contributed by atoms with van der Waals surface area (Å²) in [5.74, 6) is -1.02. The van der Waals surface area contributed by atoms with E-state index in [1.807, 2.05) is 12.1 Å². The van der Waals surface area contributed by atoms with Crippen LogP contribution >= 0.6 is 0 Å². The third-order valence-electron chi connectivity index (χ3n) is 3.22. The van der Waals surface area contributed by atoms with Gasteiger partial charge in [0.15, 0.2) is 0 Å². The number of hydrogen-bond acceptors (Lipinski definition) is 2. The number of rotatable bonds is 2. The fourth-order valence-electron chi connectivity index (χ4n) is 2.26. The van der Waals surface area contributed by atoms with Crippen molar-refractivity contribution in [2.75, 3.05) is 5.32 Å².